The second-order valence-electron chi connectivity index (χ2n) is 3.87. The fourth-order valence-electron chi connectivity index (χ4n) is 2.19. The van der Waals surface area contributed by atoms with Gasteiger partial charge in [-0.2, -0.15) is 0 Å². The van der Waals surface area contributed by atoms with Crippen LogP contribution in [0.15, 0.2) is 24.3 Å². The maximum atomic E-state index is 10.5. The summed E-state index contributed by atoms with van der Waals surface area (Å²) in [6.45, 7) is 0.0901. The maximum Gasteiger partial charge on any atom is 0.0825 e. The van der Waals surface area contributed by atoms with Crippen LogP contribution in [0.25, 0.3) is 0 Å². The smallest absolute Gasteiger partial charge is 0.0825 e. The molecule has 0 amide bonds. The van der Waals surface area contributed by atoms with Gasteiger partial charge in [0.25, 0.3) is 0 Å². The molecule has 1 heteroatoms. The molecule has 1 radical (unpaired) electrons. The number of aryl methyl sites for hydroxylation is 1. The molecule has 0 saturated carbocycles. The molecular formula is C12H15O. The Balaban J connectivity index is 2.11. The molecule has 0 saturated heterocycles. The van der Waals surface area contributed by atoms with Gasteiger partial charge >= 0.3 is 0 Å². The third-order valence-electron chi connectivity index (χ3n) is 2.97. The van der Waals surface area contributed by atoms with E-state index in [4.69, 9.17) is 0 Å². The van der Waals surface area contributed by atoms with Crippen LogP contribution in [0.4, 0.5) is 0 Å². The normalized spacial score (nSPS) is 21.2. The van der Waals surface area contributed by atoms with Gasteiger partial charge in [0, 0.05) is 0 Å². The van der Waals surface area contributed by atoms with E-state index in [0.29, 0.717) is 5.92 Å². The summed E-state index contributed by atoms with van der Waals surface area (Å²) >= 11 is 0. The highest BCUT2D eigenvalue weighted by Gasteiger charge is 2.17. The van der Waals surface area contributed by atoms with Crippen molar-refractivity contribution < 1.29 is 5.11 Å². The van der Waals surface area contributed by atoms with Gasteiger partial charge in [-0.3, -0.25) is 0 Å². The molecule has 1 nitrogen and oxygen atoms in total. The van der Waals surface area contributed by atoms with E-state index in [9.17, 15) is 5.11 Å². The van der Waals surface area contributed by atoms with Crippen molar-refractivity contribution in [2.75, 3.05) is 6.61 Å². The average molecular weight is 175 g/mol. The Kier molecular flexibility index (Phi) is 2.65. The summed E-state index contributed by atoms with van der Waals surface area (Å²) in [5.74, 6) is 0.646. The summed E-state index contributed by atoms with van der Waals surface area (Å²) in [4.78, 5) is 0. The maximum absolute atomic E-state index is 10.5. The number of hydrogen-bond acceptors (Lipinski definition) is 0. The van der Waals surface area contributed by atoms with Crippen molar-refractivity contribution in [3.8, 4) is 0 Å². The van der Waals surface area contributed by atoms with Crippen molar-refractivity contribution in [1.82, 2.24) is 0 Å². The predicted molar refractivity (Wildman–Crippen MR) is 52.1 cm³/mol. The highest BCUT2D eigenvalue weighted by atomic mass is 16.3. The van der Waals surface area contributed by atoms with Crippen molar-refractivity contribution in [1.29, 1.82) is 0 Å². The lowest BCUT2D eigenvalue weighted by Crippen LogP contribution is -2.14. The minimum atomic E-state index is 0.0901. The molecule has 0 aliphatic heterocycles. The Morgan fingerprint density at radius 2 is 2.00 bits per heavy atom. The zero-order chi connectivity index (χ0) is 9.10. The summed E-state index contributed by atoms with van der Waals surface area (Å²) in [7, 11) is 0. The monoisotopic (exact) mass is 175 g/mol. The molecule has 1 atom stereocenters. The van der Waals surface area contributed by atoms with Gasteiger partial charge in [0.05, 0.1) is 6.61 Å². The first-order valence-electron chi connectivity index (χ1n) is 5.05. The Morgan fingerprint density at radius 1 is 1.23 bits per heavy atom. The van der Waals surface area contributed by atoms with Crippen LogP contribution in [-0.4, -0.2) is 6.61 Å². The molecule has 2 rings (SSSR count). The number of hydrogen-bond donors (Lipinski definition) is 0. The van der Waals surface area contributed by atoms with E-state index in [2.05, 4.69) is 24.3 Å². The quantitative estimate of drug-likeness (QED) is 0.658. The van der Waals surface area contributed by atoms with Crippen molar-refractivity contribution in [3.63, 3.8) is 0 Å². The van der Waals surface area contributed by atoms with E-state index in [-0.39, 0.29) is 6.61 Å². The van der Waals surface area contributed by atoms with E-state index in [0.717, 1.165) is 12.8 Å². The first-order valence-corrected chi connectivity index (χ1v) is 5.05. The van der Waals surface area contributed by atoms with Crippen LogP contribution in [0.1, 0.15) is 24.0 Å². The molecule has 0 fully saturated rings. The van der Waals surface area contributed by atoms with Gasteiger partial charge in [-0.15, -0.1) is 0 Å². The Bertz CT molecular complexity index is 280. The fourth-order valence-corrected chi connectivity index (χ4v) is 2.19. The van der Waals surface area contributed by atoms with Crippen molar-refractivity contribution >= 4 is 0 Å². The molecule has 0 bridgehead atoms. The number of fused-ring (bicyclic) bond motifs is 1. The third kappa shape index (κ3) is 1.92. The largest absolute Gasteiger partial charge is 0.237 e. The van der Waals surface area contributed by atoms with Crippen LogP contribution in [0.2, 0.25) is 0 Å². The summed E-state index contributed by atoms with van der Waals surface area (Å²) in [5.41, 5.74) is 2.96. The third-order valence-corrected chi connectivity index (χ3v) is 2.97. The number of rotatable bonds is 2. The topological polar surface area (TPSA) is 19.9 Å². The molecule has 1 aromatic rings. The minimum absolute atomic E-state index is 0.0901. The first-order chi connectivity index (χ1) is 6.40. The Labute approximate surface area is 79.4 Å². The van der Waals surface area contributed by atoms with Gasteiger partial charge < -0.3 is 0 Å². The fraction of sp³-hybridized carbons (Fsp3) is 0.500. The van der Waals surface area contributed by atoms with E-state index in [1.54, 1.807) is 0 Å². The molecule has 1 unspecified atom stereocenters. The van der Waals surface area contributed by atoms with Crippen LogP contribution in [0.3, 0.4) is 0 Å². The first kappa shape index (κ1) is 8.76. The highest BCUT2D eigenvalue weighted by molar-refractivity contribution is 5.29. The molecule has 0 heterocycles. The van der Waals surface area contributed by atoms with Crippen LogP contribution < -0.4 is 0 Å². The van der Waals surface area contributed by atoms with Gasteiger partial charge in [0.1, 0.15) is 0 Å². The molecular weight excluding hydrogens is 160 g/mol. The van der Waals surface area contributed by atoms with Crippen LogP contribution in [0, 0.1) is 5.92 Å². The van der Waals surface area contributed by atoms with Gasteiger partial charge in [0.2, 0.25) is 0 Å². The molecule has 0 N–H and O–H groups in total. The van der Waals surface area contributed by atoms with Crippen LogP contribution in [-0.2, 0) is 17.9 Å². The summed E-state index contributed by atoms with van der Waals surface area (Å²) in [6.07, 6.45) is 4.35. The minimum Gasteiger partial charge on any atom is -0.237 e. The average Bonchev–Trinajstić information content (AvgIpc) is 2.18. The molecule has 1 aliphatic rings. The SMILES string of the molecule is [O]CCC1CCc2ccccc2C1. The van der Waals surface area contributed by atoms with Gasteiger partial charge in [0.15, 0.2) is 0 Å². The van der Waals surface area contributed by atoms with Gasteiger partial charge in [-0.25, -0.2) is 5.11 Å². The summed E-state index contributed by atoms with van der Waals surface area (Å²) in [6, 6.07) is 8.61. The van der Waals surface area contributed by atoms with Crippen molar-refractivity contribution in [2.45, 2.75) is 25.7 Å². The number of benzene rings is 1. The zero-order valence-electron chi connectivity index (χ0n) is 7.83. The van der Waals surface area contributed by atoms with E-state index in [1.807, 2.05) is 0 Å². The molecule has 69 valence electrons. The lowest BCUT2D eigenvalue weighted by atomic mass is 9.82. The van der Waals surface area contributed by atoms with E-state index < -0.39 is 0 Å². The summed E-state index contributed by atoms with van der Waals surface area (Å²) < 4.78 is 0. The molecule has 0 aromatic heterocycles. The zero-order valence-corrected chi connectivity index (χ0v) is 7.83. The lowest BCUT2D eigenvalue weighted by molar-refractivity contribution is 0.166. The summed E-state index contributed by atoms with van der Waals surface area (Å²) in [5, 5.41) is 10.5. The van der Waals surface area contributed by atoms with E-state index >= 15 is 0 Å². The molecule has 0 spiro atoms. The Morgan fingerprint density at radius 3 is 2.77 bits per heavy atom. The van der Waals surface area contributed by atoms with Gasteiger partial charge in [-0.05, 0) is 42.7 Å². The van der Waals surface area contributed by atoms with E-state index in [1.165, 1.54) is 24.0 Å². The van der Waals surface area contributed by atoms with Crippen molar-refractivity contribution in [3.05, 3.63) is 35.4 Å². The standard InChI is InChI=1S/C12H15O/c13-8-7-10-5-6-11-3-1-2-4-12(11)9-10/h1-4,10H,5-9H2. The molecule has 1 aliphatic carbocycles. The molecule has 13 heavy (non-hydrogen) atoms. The van der Waals surface area contributed by atoms with Crippen molar-refractivity contribution in [2.24, 2.45) is 5.92 Å². The highest BCUT2D eigenvalue weighted by Crippen LogP contribution is 2.26. The predicted octanol–water partition coefficient (Wildman–Crippen LogP) is 2.61. The molecule has 1 aromatic carbocycles. The van der Waals surface area contributed by atoms with Gasteiger partial charge in [-0.1, -0.05) is 24.3 Å². The second kappa shape index (κ2) is 3.93. The van der Waals surface area contributed by atoms with Crippen LogP contribution in [0.5, 0.6) is 0 Å². The second-order valence-corrected chi connectivity index (χ2v) is 3.87. The Hall–Kier alpha value is -0.820. The lowest BCUT2D eigenvalue weighted by Gasteiger charge is -2.23. The van der Waals surface area contributed by atoms with Crippen LogP contribution >= 0.6 is 0 Å².